The molecule has 54 heavy (non-hydrogen) atoms. The van der Waals surface area contributed by atoms with Gasteiger partial charge in [0, 0.05) is 93.7 Å². The molecule has 6 heterocycles. The maximum Gasteiger partial charge on any atom is 0.328 e. The van der Waals surface area contributed by atoms with Crippen molar-refractivity contribution in [2.24, 2.45) is 5.92 Å². The number of morpholine rings is 1. The minimum atomic E-state index is -0.340. The van der Waals surface area contributed by atoms with Gasteiger partial charge in [0.15, 0.2) is 0 Å². The van der Waals surface area contributed by atoms with Gasteiger partial charge in [0.05, 0.1) is 39.6 Å². The van der Waals surface area contributed by atoms with Gasteiger partial charge in [-0.2, -0.15) is 5.26 Å². The molecule has 0 radical (unpaired) electrons. The van der Waals surface area contributed by atoms with Crippen LogP contribution < -0.4 is 20.0 Å². The molecule has 0 unspecified atom stereocenters. The summed E-state index contributed by atoms with van der Waals surface area (Å²) in [7, 11) is 0. The molecule has 4 aliphatic heterocycles. The van der Waals surface area contributed by atoms with Gasteiger partial charge in [-0.1, -0.05) is 29.8 Å². The van der Waals surface area contributed by atoms with E-state index in [0.717, 1.165) is 91.8 Å². The number of benzene rings is 3. The number of ether oxygens (including phenoxy) is 1. The van der Waals surface area contributed by atoms with Crippen molar-refractivity contribution in [2.45, 2.75) is 44.2 Å². The smallest absolute Gasteiger partial charge is 0.328 e. The number of nitriles is 1. The summed E-state index contributed by atoms with van der Waals surface area (Å²) in [5, 5.41) is 14.4. The van der Waals surface area contributed by atoms with E-state index in [1.165, 1.54) is 24.1 Å². The zero-order valence-corrected chi connectivity index (χ0v) is 31.1. The van der Waals surface area contributed by atoms with Crippen molar-refractivity contribution >= 4 is 62.4 Å². The Bertz CT molecular complexity index is 2230. The molecule has 0 aliphatic carbocycles. The van der Waals surface area contributed by atoms with E-state index in [4.69, 9.17) is 16.3 Å². The zero-order valence-electron chi connectivity index (χ0n) is 30.3. The summed E-state index contributed by atoms with van der Waals surface area (Å²) < 4.78 is 8.65. The number of amides is 3. The van der Waals surface area contributed by atoms with Gasteiger partial charge in [-0.25, -0.2) is 4.79 Å². The van der Waals surface area contributed by atoms with Crippen molar-refractivity contribution in [2.75, 3.05) is 73.7 Å². The standard InChI is InChI=1S/C42H45ClN8O3/c43-34-8-9-37(41-40(34)30(24-44)25-45-41)49-22-23-54-38(27-49)29-4-6-31(7-5-29)48-18-10-28(11-19-48)26-47-16-12-32(13-17-47)50-20-14-33-35(50)2-1-3-36(33)51-21-15-39(52)46-42(51)53/h1-9,14,20,25,28,32,38,45H,10-13,15-19,21-23,26-27H2,(H,46,52,53)/t38-/m1/s1. The number of aromatic amines is 1. The van der Waals surface area contributed by atoms with Crippen LogP contribution in [-0.2, 0) is 9.53 Å². The molecule has 0 spiro atoms. The molecule has 9 rings (SSSR count). The molecule has 5 aromatic rings. The van der Waals surface area contributed by atoms with E-state index in [2.05, 4.69) is 78.2 Å². The van der Waals surface area contributed by atoms with Gasteiger partial charge in [0.1, 0.15) is 12.2 Å². The van der Waals surface area contributed by atoms with Crippen LogP contribution in [0.5, 0.6) is 0 Å². The molecule has 3 aromatic carbocycles. The van der Waals surface area contributed by atoms with Crippen LogP contribution in [0.15, 0.2) is 73.1 Å². The number of nitrogens with zero attached hydrogens (tertiary/aromatic N) is 6. The summed E-state index contributed by atoms with van der Waals surface area (Å²) in [5.74, 6) is 0.495. The van der Waals surface area contributed by atoms with Crippen molar-refractivity contribution in [3.63, 3.8) is 0 Å². The fourth-order valence-corrected chi connectivity index (χ4v) is 9.41. The minimum Gasteiger partial charge on any atom is -0.372 e. The topological polar surface area (TPSA) is 113 Å². The number of hydrogen-bond donors (Lipinski definition) is 2. The second-order valence-corrected chi connectivity index (χ2v) is 15.6. The highest BCUT2D eigenvalue weighted by atomic mass is 35.5. The lowest BCUT2D eigenvalue weighted by Gasteiger charge is -2.39. The van der Waals surface area contributed by atoms with Gasteiger partial charge in [-0.3, -0.25) is 15.0 Å². The van der Waals surface area contributed by atoms with Crippen LogP contribution in [0.4, 0.5) is 21.9 Å². The third kappa shape index (κ3) is 6.57. The van der Waals surface area contributed by atoms with E-state index in [1.807, 2.05) is 24.3 Å². The van der Waals surface area contributed by atoms with Crippen LogP contribution in [0.2, 0.25) is 5.02 Å². The average molecular weight is 745 g/mol. The molecule has 2 N–H and O–H groups in total. The number of hydrogen-bond acceptors (Lipinski definition) is 7. The number of carbonyl (C=O) groups is 2. The molecule has 0 bridgehead atoms. The Balaban J connectivity index is 0.766. The molecule has 12 heteroatoms. The largest absolute Gasteiger partial charge is 0.372 e. The van der Waals surface area contributed by atoms with Crippen LogP contribution in [0.25, 0.3) is 21.8 Å². The number of aromatic nitrogens is 2. The van der Waals surface area contributed by atoms with Crippen molar-refractivity contribution in [1.29, 1.82) is 5.26 Å². The van der Waals surface area contributed by atoms with Crippen molar-refractivity contribution in [3.05, 3.63) is 89.2 Å². The Labute approximate surface area is 320 Å². The second kappa shape index (κ2) is 14.7. The molecule has 4 fully saturated rings. The van der Waals surface area contributed by atoms with Gasteiger partial charge >= 0.3 is 6.03 Å². The summed E-state index contributed by atoms with van der Waals surface area (Å²) in [4.78, 5) is 36.8. The summed E-state index contributed by atoms with van der Waals surface area (Å²) in [6.45, 7) is 8.03. The first-order valence-electron chi connectivity index (χ1n) is 19.3. The number of fused-ring (bicyclic) bond motifs is 2. The molecule has 278 valence electrons. The highest BCUT2D eigenvalue weighted by Crippen LogP contribution is 2.37. The minimum absolute atomic E-state index is 0.0386. The number of imide groups is 1. The van der Waals surface area contributed by atoms with Gasteiger partial charge < -0.3 is 29.0 Å². The highest BCUT2D eigenvalue weighted by molar-refractivity contribution is 6.36. The van der Waals surface area contributed by atoms with Gasteiger partial charge in [0.25, 0.3) is 0 Å². The van der Waals surface area contributed by atoms with Crippen LogP contribution in [0.1, 0.15) is 55.4 Å². The van der Waals surface area contributed by atoms with E-state index < -0.39 is 0 Å². The quantitative estimate of drug-likeness (QED) is 0.181. The maximum atomic E-state index is 12.6. The van der Waals surface area contributed by atoms with Crippen LogP contribution in [0, 0.1) is 17.2 Å². The van der Waals surface area contributed by atoms with Crippen molar-refractivity contribution in [3.8, 4) is 6.07 Å². The number of urea groups is 1. The Morgan fingerprint density at radius 2 is 1.69 bits per heavy atom. The number of halogens is 1. The monoisotopic (exact) mass is 744 g/mol. The molecular weight excluding hydrogens is 700 g/mol. The molecular formula is C42H45ClN8O3. The van der Waals surface area contributed by atoms with E-state index in [1.54, 1.807) is 11.1 Å². The predicted molar refractivity (Wildman–Crippen MR) is 212 cm³/mol. The summed E-state index contributed by atoms with van der Waals surface area (Å²) in [6, 6.07) is 23.5. The molecule has 11 nitrogen and oxygen atoms in total. The predicted octanol–water partition coefficient (Wildman–Crippen LogP) is 7.23. The SMILES string of the molecule is N#Cc1c[nH]c2c(N3CCO[C@@H](c4ccc(N5CCC(CN6CCC(n7ccc8c(N9CCC(=O)NC9=O)cccc87)CC6)CC5)cc4)C3)ccc(Cl)c12. The number of piperidine rings is 2. The van der Waals surface area contributed by atoms with Crippen LogP contribution in [0.3, 0.4) is 0 Å². The maximum absolute atomic E-state index is 12.6. The number of likely N-dealkylation sites (tertiary alicyclic amines) is 1. The van der Waals surface area contributed by atoms with Crippen molar-refractivity contribution in [1.82, 2.24) is 19.8 Å². The number of anilines is 3. The Morgan fingerprint density at radius 1 is 0.870 bits per heavy atom. The molecule has 4 saturated heterocycles. The van der Waals surface area contributed by atoms with E-state index in [-0.39, 0.29) is 18.0 Å². The first kappa shape index (κ1) is 34.7. The van der Waals surface area contributed by atoms with Crippen LogP contribution >= 0.6 is 11.6 Å². The van der Waals surface area contributed by atoms with Crippen molar-refractivity contribution < 1.29 is 14.3 Å². The molecule has 0 saturated carbocycles. The van der Waals surface area contributed by atoms with Gasteiger partial charge in [-0.15, -0.1) is 0 Å². The first-order chi connectivity index (χ1) is 26.4. The molecule has 4 aliphatic rings. The Kier molecular flexibility index (Phi) is 9.43. The van der Waals surface area contributed by atoms with Gasteiger partial charge in [-0.05, 0) is 79.6 Å². The number of H-pyrrole nitrogens is 1. The van der Waals surface area contributed by atoms with E-state index in [9.17, 15) is 14.9 Å². The lowest BCUT2D eigenvalue weighted by molar-refractivity contribution is -0.120. The molecule has 3 amide bonds. The molecule has 2 aromatic heterocycles. The molecule has 1 atom stereocenters. The zero-order chi connectivity index (χ0) is 36.8. The number of nitrogens with one attached hydrogen (secondary N) is 2. The summed E-state index contributed by atoms with van der Waals surface area (Å²) >= 11 is 6.47. The lowest BCUT2D eigenvalue weighted by atomic mass is 9.94. The second-order valence-electron chi connectivity index (χ2n) is 15.2. The lowest BCUT2D eigenvalue weighted by Crippen LogP contribution is -2.49. The number of carbonyl (C=O) groups excluding carboxylic acids is 2. The van der Waals surface area contributed by atoms with Crippen LogP contribution in [-0.4, -0.2) is 85.4 Å². The van der Waals surface area contributed by atoms with E-state index >= 15 is 0 Å². The third-order valence-corrected chi connectivity index (χ3v) is 12.4. The fourth-order valence-electron chi connectivity index (χ4n) is 9.15. The highest BCUT2D eigenvalue weighted by Gasteiger charge is 2.30. The summed E-state index contributed by atoms with van der Waals surface area (Å²) in [6.07, 6.45) is 8.81. The summed E-state index contributed by atoms with van der Waals surface area (Å²) in [5.41, 5.74) is 6.98. The first-order valence-corrected chi connectivity index (χ1v) is 19.7. The van der Waals surface area contributed by atoms with Gasteiger partial charge in [0.2, 0.25) is 5.91 Å². The number of rotatable bonds is 7. The Hall–Kier alpha value is -5.02. The Morgan fingerprint density at radius 3 is 2.46 bits per heavy atom. The fraction of sp³-hybridized carbons (Fsp3) is 0.405. The van der Waals surface area contributed by atoms with E-state index in [0.29, 0.717) is 42.1 Å². The third-order valence-electron chi connectivity index (χ3n) is 12.1. The average Bonchev–Trinajstić information content (AvgIpc) is 3.85. The normalized spacial score (nSPS) is 20.9.